The molecule has 0 radical (unpaired) electrons. The third-order valence-corrected chi connectivity index (χ3v) is 31.4. The van der Waals surface area contributed by atoms with Gasteiger partial charge in [0.15, 0.2) is 0 Å². The maximum atomic E-state index is 13.2. The lowest BCUT2D eigenvalue weighted by molar-refractivity contribution is -0.139. The van der Waals surface area contributed by atoms with Gasteiger partial charge in [-0.05, 0) is 60.0 Å². The number of hydrogen-bond acceptors (Lipinski definition) is 5. The minimum Gasteiger partial charge on any atom is -0.462 e. The molecular weight excluding hydrogens is 925 g/mol. The monoisotopic (exact) mass is 980 g/mol. The molecular formula is C61H56O5Si4. The van der Waals surface area contributed by atoms with Crippen LogP contribution in [0.5, 0.6) is 0 Å². The second-order valence-corrected chi connectivity index (χ2v) is 30.9. The first kappa shape index (κ1) is 48.0. The summed E-state index contributed by atoms with van der Waals surface area (Å²) in [7, 11) is -15.7. The molecule has 0 bridgehead atoms. The van der Waals surface area contributed by atoms with Crippen LogP contribution in [0.25, 0.3) is 0 Å². The van der Waals surface area contributed by atoms with Gasteiger partial charge < -0.3 is 17.1 Å². The highest BCUT2D eigenvalue weighted by Gasteiger charge is 2.62. The summed E-state index contributed by atoms with van der Waals surface area (Å²) in [6.07, 6.45) is 0.375. The topological polar surface area (TPSA) is 54.0 Å². The Bertz CT molecular complexity index is 2450. The number of benzene rings is 9. The van der Waals surface area contributed by atoms with Gasteiger partial charge in [-0.25, -0.2) is 4.79 Å². The van der Waals surface area contributed by atoms with Crippen LogP contribution in [-0.2, 0) is 21.9 Å². The SMILES string of the molecule is C=C(C)C(=O)OCCC[Si](O[Si](c1ccccc1)(c1ccccc1)c1ccccc1)(O[Si](c1ccccc1)(c1ccccc1)c1ccccc1)O[Si](c1ccccc1)(c1ccccc1)c1ccccc1. The minimum absolute atomic E-state index is 0.0974. The van der Waals surface area contributed by atoms with E-state index in [0.717, 1.165) is 46.7 Å². The lowest BCUT2D eigenvalue weighted by Gasteiger charge is -2.49. The molecule has 0 spiro atoms. The summed E-state index contributed by atoms with van der Waals surface area (Å²) in [5.41, 5.74) is 0.336. The average Bonchev–Trinajstić information content (AvgIpc) is 3.44. The molecule has 346 valence electrons. The van der Waals surface area contributed by atoms with Gasteiger partial charge in [0.05, 0.1) is 6.61 Å². The molecule has 0 aliphatic rings. The molecule has 9 heteroatoms. The van der Waals surface area contributed by atoms with Crippen LogP contribution in [0.4, 0.5) is 0 Å². The molecule has 0 amide bonds. The van der Waals surface area contributed by atoms with Crippen LogP contribution in [0.3, 0.4) is 0 Å². The Balaban J connectivity index is 1.46. The van der Waals surface area contributed by atoms with Gasteiger partial charge >= 0.3 is 14.8 Å². The zero-order chi connectivity index (χ0) is 48.1. The largest absolute Gasteiger partial charge is 0.471 e. The van der Waals surface area contributed by atoms with Crippen LogP contribution < -0.4 is 46.7 Å². The molecule has 0 aliphatic heterocycles. The highest BCUT2D eigenvalue weighted by molar-refractivity contribution is 7.16. The molecule has 0 unspecified atom stereocenters. The summed E-state index contributed by atoms with van der Waals surface area (Å²) >= 11 is 0. The summed E-state index contributed by atoms with van der Waals surface area (Å²) in [5, 5.41) is 9.40. The van der Waals surface area contributed by atoms with E-state index >= 15 is 0 Å². The second-order valence-electron chi connectivity index (χ2n) is 17.3. The molecule has 9 aromatic rings. The maximum Gasteiger partial charge on any atom is 0.471 e. The Labute approximate surface area is 417 Å². The number of carbonyl (C=O) groups is 1. The van der Waals surface area contributed by atoms with Gasteiger partial charge in [0, 0.05) is 11.6 Å². The molecule has 0 saturated carbocycles. The Kier molecular flexibility index (Phi) is 15.2. The van der Waals surface area contributed by atoms with Gasteiger partial charge in [-0.15, -0.1) is 0 Å². The Hall–Kier alpha value is -7.06. The number of esters is 1. The highest BCUT2D eigenvalue weighted by atomic mass is 28.5. The second kappa shape index (κ2) is 22.1. The summed E-state index contributed by atoms with van der Waals surface area (Å²) in [4.78, 5) is 13.2. The molecule has 0 N–H and O–H groups in total. The van der Waals surface area contributed by atoms with E-state index in [4.69, 9.17) is 17.1 Å². The van der Waals surface area contributed by atoms with E-state index in [1.807, 2.05) is 0 Å². The van der Waals surface area contributed by atoms with Crippen LogP contribution in [0, 0.1) is 0 Å². The molecule has 0 aromatic heterocycles. The van der Waals surface area contributed by atoms with Gasteiger partial charge in [0.1, 0.15) is 0 Å². The van der Waals surface area contributed by atoms with Crippen LogP contribution >= 0.6 is 0 Å². The lowest BCUT2D eigenvalue weighted by atomic mass is 10.3. The van der Waals surface area contributed by atoms with Crippen molar-refractivity contribution < 1.29 is 21.9 Å². The zero-order valence-electron chi connectivity index (χ0n) is 39.4. The number of hydrogen-bond donors (Lipinski definition) is 0. The summed E-state index contributed by atoms with van der Waals surface area (Å²) < 4.78 is 32.5. The van der Waals surface area contributed by atoms with Crippen LogP contribution in [0.2, 0.25) is 6.04 Å². The average molecular weight is 981 g/mol. The van der Waals surface area contributed by atoms with E-state index < -0.39 is 39.7 Å². The van der Waals surface area contributed by atoms with Gasteiger partial charge in [-0.1, -0.05) is 280 Å². The summed E-state index contributed by atoms with van der Waals surface area (Å²) in [6.45, 7) is 5.68. The van der Waals surface area contributed by atoms with Crippen LogP contribution in [0.1, 0.15) is 13.3 Å². The summed E-state index contributed by atoms with van der Waals surface area (Å²) in [6, 6.07) is 96.2. The lowest BCUT2D eigenvalue weighted by Crippen LogP contribution is -2.82. The normalized spacial score (nSPS) is 12.0. The van der Waals surface area contributed by atoms with Crippen molar-refractivity contribution in [2.45, 2.75) is 19.4 Å². The third kappa shape index (κ3) is 9.87. The first-order valence-corrected chi connectivity index (χ1v) is 31.5. The number of ether oxygens (including phenoxy) is 1. The van der Waals surface area contributed by atoms with E-state index in [0.29, 0.717) is 18.0 Å². The predicted molar refractivity (Wildman–Crippen MR) is 296 cm³/mol. The molecule has 0 aliphatic carbocycles. The quantitative estimate of drug-likeness (QED) is 0.0261. The van der Waals surface area contributed by atoms with Gasteiger partial charge in [0.2, 0.25) is 0 Å². The minimum atomic E-state index is -4.47. The van der Waals surface area contributed by atoms with Gasteiger partial charge in [-0.2, -0.15) is 0 Å². The molecule has 9 aromatic carbocycles. The molecule has 9 rings (SSSR count). The van der Waals surface area contributed by atoms with E-state index in [2.05, 4.69) is 280 Å². The van der Waals surface area contributed by atoms with Crippen LogP contribution in [-0.4, -0.2) is 46.3 Å². The first-order chi connectivity index (χ1) is 34.4. The first-order valence-electron chi connectivity index (χ1n) is 23.8. The van der Waals surface area contributed by atoms with E-state index in [9.17, 15) is 4.79 Å². The van der Waals surface area contributed by atoms with E-state index in [1.165, 1.54) is 0 Å². The van der Waals surface area contributed by atoms with Crippen molar-refractivity contribution in [3.8, 4) is 0 Å². The van der Waals surface area contributed by atoms with Gasteiger partial charge in [-0.3, -0.25) is 0 Å². The fraction of sp³-hybridized carbons (Fsp3) is 0.0656. The molecule has 0 saturated heterocycles. The molecule has 0 fully saturated rings. The fourth-order valence-corrected chi connectivity index (χ4v) is 31.8. The Morgan fingerprint density at radius 1 is 0.343 bits per heavy atom. The predicted octanol–water partition coefficient (Wildman–Crippen LogP) is 7.49. The van der Waals surface area contributed by atoms with Crippen molar-refractivity contribution in [1.29, 1.82) is 0 Å². The summed E-state index contributed by atoms with van der Waals surface area (Å²) in [5.74, 6) is -0.445. The smallest absolute Gasteiger partial charge is 0.462 e. The van der Waals surface area contributed by atoms with E-state index in [-0.39, 0.29) is 6.61 Å². The molecule has 0 atom stereocenters. The Morgan fingerprint density at radius 2 is 0.529 bits per heavy atom. The van der Waals surface area contributed by atoms with Crippen molar-refractivity contribution >= 4 is 86.4 Å². The third-order valence-electron chi connectivity index (χ3n) is 12.8. The molecule has 5 nitrogen and oxygen atoms in total. The van der Waals surface area contributed by atoms with Crippen molar-refractivity contribution in [2.75, 3.05) is 6.61 Å². The number of rotatable bonds is 20. The van der Waals surface area contributed by atoms with Gasteiger partial charge in [0.25, 0.3) is 25.0 Å². The number of carbonyl (C=O) groups excluding carboxylic acids is 1. The van der Waals surface area contributed by atoms with Crippen LogP contribution in [0.15, 0.2) is 285 Å². The maximum absolute atomic E-state index is 13.2. The fourth-order valence-electron chi connectivity index (χ4n) is 9.58. The van der Waals surface area contributed by atoms with E-state index in [1.54, 1.807) is 6.92 Å². The van der Waals surface area contributed by atoms with Crippen molar-refractivity contribution in [1.82, 2.24) is 0 Å². The van der Waals surface area contributed by atoms with Crippen molar-refractivity contribution in [3.63, 3.8) is 0 Å². The Morgan fingerprint density at radius 3 is 0.700 bits per heavy atom. The van der Waals surface area contributed by atoms with Crippen molar-refractivity contribution in [2.24, 2.45) is 0 Å². The molecule has 70 heavy (non-hydrogen) atoms. The molecule has 0 heterocycles. The van der Waals surface area contributed by atoms with Crippen molar-refractivity contribution in [3.05, 3.63) is 285 Å². The highest BCUT2D eigenvalue weighted by Crippen LogP contribution is 2.32. The standard InChI is InChI=1S/C61H56O5Si4/c1-51(2)61(62)63-49-30-50-67(64-68(52-31-12-3-13-32-52,53-33-14-4-15-34-53)54-35-16-5-17-36-54,65-69(55-37-18-6-19-38-55,56-39-20-7-21-40-56)57-41-22-8-23-42-57)66-70(58-43-24-9-25-44-58,59-45-26-10-27-46-59)60-47-28-11-29-48-60/h3-29,31-48H,1,30,49-50H2,2H3. The zero-order valence-corrected chi connectivity index (χ0v) is 43.4.